The highest BCUT2D eigenvalue weighted by Gasteiger charge is 2.16. The van der Waals surface area contributed by atoms with Gasteiger partial charge in [-0.05, 0) is 36.7 Å². The quantitative estimate of drug-likeness (QED) is 0.432. The van der Waals surface area contributed by atoms with Crippen molar-refractivity contribution in [2.45, 2.75) is 6.42 Å². The first-order valence-electron chi connectivity index (χ1n) is 9.98. The molecule has 3 N–H and O–H groups in total. The van der Waals surface area contributed by atoms with Gasteiger partial charge in [-0.2, -0.15) is 5.10 Å². The molecule has 0 aliphatic carbocycles. The first-order valence-corrected chi connectivity index (χ1v) is 9.98. The van der Waals surface area contributed by atoms with Crippen molar-refractivity contribution in [3.8, 4) is 22.5 Å². The van der Waals surface area contributed by atoms with Crippen LogP contribution in [0, 0.1) is 0 Å². The molecule has 5 aromatic heterocycles. The first-order chi connectivity index (χ1) is 14.9. The average Bonchev–Trinajstić information content (AvgIpc) is 3.43. The number of H-pyrrole nitrogens is 2. The fraction of sp³-hybridized carbons (Fsp3) is 0.130. The van der Waals surface area contributed by atoms with Crippen LogP contribution in [-0.4, -0.2) is 43.2 Å². The van der Waals surface area contributed by atoms with Gasteiger partial charge in [-0.25, -0.2) is 0 Å². The van der Waals surface area contributed by atoms with Crippen LogP contribution in [-0.2, 0) is 0 Å². The van der Waals surface area contributed by atoms with Crippen molar-refractivity contribution in [3.63, 3.8) is 0 Å². The minimum atomic E-state index is 0.886. The number of nitrogens with zero attached hydrogens (tertiary/aromatic N) is 4. The van der Waals surface area contributed by atoms with Crippen LogP contribution in [0.25, 0.3) is 49.9 Å². The van der Waals surface area contributed by atoms with Gasteiger partial charge in [0, 0.05) is 47.0 Å². The highest BCUT2D eigenvalue weighted by atomic mass is 15.1. The molecule has 30 heavy (non-hydrogen) atoms. The van der Waals surface area contributed by atoms with E-state index in [1.165, 1.54) is 5.57 Å². The van der Waals surface area contributed by atoms with Gasteiger partial charge < -0.3 is 10.3 Å². The summed E-state index contributed by atoms with van der Waals surface area (Å²) in [6.07, 6.45) is 12.4. The van der Waals surface area contributed by atoms with Crippen molar-refractivity contribution < 1.29 is 0 Å². The Hall–Kier alpha value is -3.84. The maximum atomic E-state index is 4.64. The summed E-state index contributed by atoms with van der Waals surface area (Å²) in [7, 11) is 0. The number of aromatic nitrogens is 6. The third-order valence-electron chi connectivity index (χ3n) is 5.61. The van der Waals surface area contributed by atoms with Crippen LogP contribution >= 0.6 is 0 Å². The van der Waals surface area contributed by atoms with Gasteiger partial charge in [0.05, 0.1) is 34.8 Å². The second-order valence-electron chi connectivity index (χ2n) is 7.44. The molecule has 1 aliphatic rings. The summed E-state index contributed by atoms with van der Waals surface area (Å²) in [4.78, 5) is 16.8. The molecular formula is C23H19N7. The van der Waals surface area contributed by atoms with Gasteiger partial charge in [0.1, 0.15) is 5.69 Å². The SMILES string of the molecule is C1=C(c2cc3c(-c4cc5c(-c6cccnc6)cncc5[nH]4)n[nH]c3cn2)CCNC1. The summed E-state index contributed by atoms with van der Waals surface area (Å²) < 4.78 is 0. The zero-order chi connectivity index (χ0) is 19.9. The maximum Gasteiger partial charge on any atom is 0.116 e. The van der Waals surface area contributed by atoms with Crippen molar-refractivity contribution in [2.24, 2.45) is 0 Å². The lowest BCUT2D eigenvalue weighted by Crippen LogP contribution is -2.20. The molecule has 1 aliphatic heterocycles. The standard InChI is InChI=1S/C23H19N7/c1-2-15(10-25-5-1)18-11-26-12-21-16(18)8-20(28-21)23-17-9-19(14-3-6-24-7-4-14)27-13-22(17)29-30-23/h1-3,5,8-13,24,28H,4,6-7H2,(H,29,30). The summed E-state index contributed by atoms with van der Waals surface area (Å²) in [6.45, 7) is 1.87. The topological polar surface area (TPSA) is 95.2 Å². The van der Waals surface area contributed by atoms with Gasteiger partial charge in [0.15, 0.2) is 0 Å². The summed E-state index contributed by atoms with van der Waals surface area (Å²) in [6, 6.07) is 8.26. The van der Waals surface area contributed by atoms with Crippen LogP contribution < -0.4 is 5.32 Å². The average molecular weight is 393 g/mol. The molecule has 0 unspecified atom stereocenters. The van der Waals surface area contributed by atoms with Gasteiger partial charge in [-0.1, -0.05) is 12.1 Å². The van der Waals surface area contributed by atoms with E-state index >= 15 is 0 Å². The molecule has 6 rings (SSSR count). The zero-order valence-electron chi connectivity index (χ0n) is 16.2. The van der Waals surface area contributed by atoms with Gasteiger partial charge in [0.2, 0.25) is 0 Å². The van der Waals surface area contributed by atoms with E-state index < -0.39 is 0 Å². The lowest BCUT2D eigenvalue weighted by molar-refractivity contribution is 0.737. The predicted molar refractivity (Wildman–Crippen MR) is 118 cm³/mol. The highest BCUT2D eigenvalue weighted by molar-refractivity contribution is 6.00. The van der Waals surface area contributed by atoms with E-state index in [0.717, 1.165) is 69.5 Å². The molecule has 0 radical (unpaired) electrons. The van der Waals surface area contributed by atoms with E-state index in [4.69, 9.17) is 0 Å². The molecule has 146 valence electrons. The molecule has 0 amide bonds. The van der Waals surface area contributed by atoms with Crippen LogP contribution in [0.2, 0.25) is 0 Å². The largest absolute Gasteiger partial charge is 0.352 e. The maximum absolute atomic E-state index is 4.64. The molecule has 0 atom stereocenters. The molecule has 0 bridgehead atoms. The summed E-state index contributed by atoms with van der Waals surface area (Å²) >= 11 is 0. The van der Waals surface area contributed by atoms with Crippen molar-refractivity contribution in [3.05, 3.63) is 67.0 Å². The molecule has 0 saturated heterocycles. The van der Waals surface area contributed by atoms with Crippen molar-refractivity contribution >= 4 is 27.4 Å². The highest BCUT2D eigenvalue weighted by Crippen LogP contribution is 2.33. The van der Waals surface area contributed by atoms with Crippen molar-refractivity contribution in [1.29, 1.82) is 0 Å². The van der Waals surface area contributed by atoms with Gasteiger partial charge >= 0.3 is 0 Å². The van der Waals surface area contributed by atoms with E-state index in [2.05, 4.69) is 53.7 Å². The Bertz CT molecular complexity index is 1400. The second kappa shape index (κ2) is 6.89. The van der Waals surface area contributed by atoms with E-state index in [-0.39, 0.29) is 0 Å². The summed E-state index contributed by atoms with van der Waals surface area (Å²) in [5.74, 6) is 0. The molecular weight excluding hydrogens is 374 g/mol. The fourth-order valence-electron chi connectivity index (χ4n) is 4.08. The molecule has 0 saturated carbocycles. The zero-order valence-corrected chi connectivity index (χ0v) is 16.2. The van der Waals surface area contributed by atoms with E-state index in [9.17, 15) is 0 Å². The lowest BCUT2D eigenvalue weighted by atomic mass is 10.0. The molecule has 7 nitrogen and oxygen atoms in total. The molecule has 0 fully saturated rings. The van der Waals surface area contributed by atoms with E-state index in [0.29, 0.717) is 0 Å². The fourth-order valence-corrected chi connectivity index (χ4v) is 4.08. The van der Waals surface area contributed by atoms with E-state index in [1.54, 1.807) is 6.20 Å². The number of rotatable bonds is 3. The Kier molecular flexibility index (Phi) is 3.92. The minimum absolute atomic E-state index is 0.886. The molecule has 0 spiro atoms. The van der Waals surface area contributed by atoms with E-state index in [1.807, 2.05) is 36.9 Å². The molecule has 5 aromatic rings. The monoisotopic (exact) mass is 393 g/mol. The number of aromatic amines is 2. The Balaban J connectivity index is 1.50. The van der Waals surface area contributed by atoms with Gasteiger partial charge in [-0.3, -0.25) is 20.1 Å². The summed E-state index contributed by atoms with van der Waals surface area (Å²) in [5.41, 5.74) is 8.11. The summed E-state index contributed by atoms with van der Waals surface area (Å²) in [5, 5.41) is 13.2. The van der Waals surface area contributed by atoms with Crippen LogP contribution in [0.5, 0.6) is 0 Å². The van der Waals surface area contributed by atoms with Gasteiger partial charge in [-0.15, -0.1) is 0 Å². The third-order valence-corrected chi connectivity index (χ3v) is 5.61. The van der Waals surface area contributed by atoms with Crippen LogP contribution in [0.1, 0.15) is 12.1 Å². The Morgan fingerprint density at radius 2 is 1.93 bits per heavy atom. The Labute approximate surface area is 172 Å². The smallest absolute Gasteiger partial charge is 0.116 e. The van der Waals surface area contributed by atoms with Crippen LogP contribution in [0.3, 0.4) is 0 Å². The Morgan fingerprint density at radius 1 is 0.933 bits per heavy atom. The lowest BCUT2D eigenvalue weighted by Gasteiger charge is -2.13. The molecule has 6 heterocycles. The van der Waals surface area contributed by atoms with Crippen molar-refractivity contribution in [1.82, 2.24) is 35.5 Å². The third kappa shape index (κ3) is 2.79. The second-order valence-corrected chi connectivity index (χ2v) is 7.44. The number of hydrogen-bond acceptors (Lipinski definition) is 5. The predicted octanol–water partition coefficient (Wildman–Crippen LogP) is 3.94. The minimum Gasteiger partial charge on any atom is -0.352 e. The Morgan fingerprint density at radius 3 is 2.80 bits per heavy atom. The van der Waals surface area contributed by atoms with Crippen molar-refractivity contribution in [2.75, 3.05) is 13.1 Å². The van der Waals surface area contributed by atoms with Gasteiger partial charge in [0.25, 0.3) is 0 Å². The number of fused-ring (bicyclic) bond motifs is 2. The van der Waals surface area contributed by atoms with Crippen LogP contribution in [0.4, 0.5) is 0 Å². The molecule has 7 heteroatoms. The molecule has 0 aromatic carbocycles. The number of hydrogen-bond donors (Lipinski definition) is 3. The normalized spacial score (nSPS) is 14.3. The number of nitrogens with one attached hydrogen (secondary N) is 3. The number of pyridine rings is 3. The first kappa shape index (κ1) is 17.1. The van der Waals surface area contributed by atoms with Crippen LogP contribution in [0.15, 0.2) is 61.3 Å².